The van der Waals surface area contributed by atoms with Crippen LogP contribution in [0.5, 0.6) is 0 Å². The Morgan fingerprint density at radius 1 is 1.04 bits per heavy atom. The van der Waals surface area contributed by atoms with Crippen molar-refractivity contribution in [2.75, 3.05) is 10.6 Å². The molecule has 3 rings (SSSR count). The molecule has 1 aromatic heterocycles. The van der Waals surface area contributed by atoms with E-state index in [0.717, 1.165) is 0 Å². The molecule has 0 radical (unpaired) electrons. The van der Waals surface area contributed by atoms with Gasteiger partial charge in [0.2, 0.25) is 5.82 Å². The SMILES string of the molecule is O=C(Nc1cccc(Cl)c1)Nc1nccn(-c2ccccc2)c1=O. The van der Waals surface area contributed by atoms with Gasteiger partial charge in [-0.3, -0.25) is 14.7 Å². The molecule has 0 aliphatic rings. The summed E-state index contributed by atoms with van der Waals surface area (Å²) >= 11 is 5.86. The zero-order valence-corrected chi connectivity index (χ0v) is 13.2. The molecule has 0 aliphatic heterocycles. The van der Waals surface area contributed by atoms with Gasteiger partial charge < -0.3 is 5.32 Å². The normalized spacial score (nSPS) is 10.2. The molecule has 0 atom stereocenters. The summed E-state index contributed by atoms with van der Waals surface area (Å²) in [5.41, 5.74) is 0.771. The van der Waals surface area contributed by atoms with Crippen LogP contribution in [0.3, 0.4) is 0 Å². The van der Waals surface area contributed by atoms with E-state index in [-0.39, 0.29) is 5.82 Å². The van der Waals surface area contributed by atoms with Gasteiger partial charge in [0.25, 0.3) is 5.56 Å². The minimum atomic E-state index is -0.576. The molecule has 6 nitrogen and oxygen atoms in total. The Bertz CT molecular complexity index is 925. The van der Waals surface area contributed by atoms with Gasteiger partial charge in [0.15, 0.2) is 0 Å². The van der Waals surface area contributed by atoms with Gasteiger partial charge in [-0.2, -0.15) is 0 Å². The van der Waals surface area contributed by atoms with Gasteiger partial charge in [0.05, 0.1) is 0 Å². The topological polar surface area (TPSA) is 76.0 Å². The molecule has 0 bridgehead atoms. The second-order valence-corrected chi connectivity index (χ2v) is 5.31. The summed E-state index contributed by atoms with van der Waals surface area (Å²) in [5.74, 6) is -0.0686. The maximum Gasteiger partial charge on any atom is 0.325 e. The molecule has 0 saturated carbocycles. The smallest absolute Gasteiger partial charge is 0.308 e. The van der Waals surface area contributed by atoms with E-state index in [1.165, 1.54) is 17.0 Å². The van der Waals surface area contributed by atoms with Crippen molar-refractivity contribution in [1.29, 1.82) is 0 Å². The fourth-order valence-corrected chi connectivity index (χ4v) is 2.32. The largest absolute Gasteiger partial charge is 0.325 e. The zero-order valence-electron chi connectivity index (χ0n) is 12.4. The molecule has 0 fully saturated rings. The molecule has 3 aromatic rings. The van der Waals surface area contributed by atoms with Crippen molar-refractivity contribution in [3.63, 3.8) is 0 Å². The highest BCUT2D eigenvalue weighted by molar-refractivity contribution is 6.30. The number of carbonyl (C=O) groups is 1. The zero-order chi connectivity index (χ0) is 16.9. The second-order valence-electron chi connectivity index (χ2n) is 4.88. The number of nitrogens with one attached hydrogen (secondary N) is 2. The first kappa shape index (κ1) is 15.8. The van der Waals surface area contributed by atoms with Crippen LogP contribution in [-0.2, 0) is 0 Å². The van der Waals surface area contributed by atoms with E-state index in [1.807, 2.05) is 18.2 Å². The van der Waals surface area contributed by atoms with Gasteiger partial charge in [0, 0.05) is 28.8 Å². The van der Waals surface area contributed by atoms with Crippen molar-refractivity contribution in [2.24, 2.45) is 0 Å². The Balaban J connectivity index is 1.81. The van der Waals surface area contributed by atoms with E-state index < -0.39 is 11.6 Å². The number of amides is 2. The third-order valence-corrected chi connectivity index (χ3v) is 3.42. The molecule has 0 unspecified atom stereocenters. The lowest BCUT2D eigenvalue weighted by molar-refractivity contribution is 0.262. The third kappa shape index (κ3) is 3.61. The van der Waals surface area contributed by atoms with Crippen molar-refractivity contribution in [3.8, 4) is 5.69 Å². The van der Waals surface area contributed by atoms with Gasteiger partial charge in [-0.15, -0.1) is 0 Å². The number of halogens is 1. The molecule has 2 aromatic carbocycles. The summed E-state index contributed by atoms with van der Waals surface area (Å²) in [5, 5.41) is 5.54. The van der Waals surface area contributed by atoms with Gasteiger partial charge in [-0.25, -0.2) is 9.78 Å². The maximum absolute atomic E-state index is 12.4. The summed E-state index contributed by atoms with van der Waals surface area (Å²) in [4.78, 5) is 28.4. The van der Waals surface area contributed by atoms with Gasteiger partial charge in [-0.1, -0.05) is 35.9 Å². The van der Waals surface area contributed by atoms with Crippen LogP contribution in [0, 0.1) is 0 Å². The molecular formula is C17H13ClN4O2. The summed E-state index contributed by atoms with van der Waals surface area (Å²) in [7, 11) is 0. The highest BCUT2D eigenvalue weighted by atomic mass is 35.5. The molecule has 0 aliphatic carbocycles. The van der Waals surface area contributed by atoms with E-state index in [9.17, 15) is 9.59 Å². The van der Waals surface area contributed by atoms with E-state index >= 15 is 0 Å². The number of benzene rings is 2. The summed E-state index contributed by atoms with van der Waals surface area (Å²) < 4.78 is 1.40. The molecule has 24 heavy (non-hydrogen) atoms. The Morgan fingerprint density at radius 3 is 2.58 bits per heavy atom. The fraction of sp³-hybridized carbons (Fsp3) is 0. The van der Waals surface area contributed by atoms with Crippen LogP contribution in [-0.4, -0.2) is 15.6 Å². The van der Waals surface area contributed by atoms with E-state index in [1.54, 1.807) is 36.4 Å². The molecule has 120 valence electrons. The molecule has 2 amide bonds. The summed E-state index contributed by atoms with van der Waals surface area (Å²) in [6.45, 7) is 0. The number of carbonyl (C=O) groups excluding carboxylic acids is 1. The molecular weight excluding hydrogens is 328 g/mol. The van der Waals surface area contributed by atoms with Crippen molar-refractivity contribution in [1.82, 2.24) is 9.55 Å². The molecule has 0 spiro atoms. The van der Waals surface area contributed by atoms with Crippen LogP contribution in [0.2, 0.25) is 5.02 Å². The Kier molecular flexibility index (Phi) is 4.58. The first-order valence-corrected chi connectivity index (χ1v) is 7.48. The van der Waals surface area contributed by atoms with Crippen molar-refractivity contribution >= 4 is 29.1 Å². The predicted molar refractivity (Wildman–Crippen MR) is 93.9 cm³/mol. The first-order chi connectivity index (χ1) is 11.6. The van der Waals surface area contributed by atoms with Crippen LogP contribution >= 0.6 is 11.6 Å². The average Bonchev–Trinajstić information content (AvgIpc) is 2.57. The lowest BCUT2D eigenvalue weighted by Gasteiger charge is -2.09. The van der Waals surface area contributed by atoms with Crippen molar-refractivity contribution in [2.45, 2.75) is 0 Å². The lowest BCUT2D eigenvalue weighted by atomic mass is 10.3. The average molecular weight is 341 g/mol. The molecule has 1 heterocycles. The summed E-state index contributed by atoms with van der Waals surface area (Å²) in [6, 6.07) is 15.2. The highest BCUT2D eigenvalue weighted by Gasteiger charge is 2.10. The third-order valence-electron chi connectivity index (χ3n) is 3.19. The minimum absolute atomic E-state index is 0.0686. The molecule has 7 heteroatoms. The number of anilines is 2. The molecule has 0 saturated heterocycles. The number of para-hydroxylation sites is 1. The number of hydrogen-bond donors (Lipinski definition) is 2. The number of rotatable bonds is 3. The van der Waals surface area contributed by atoms with Crippen molar-refractivity contribution in [3.05, 3.63) is 82.4 Å². The Hall–Kier alpha value is -3.12. The molecule has 2 N–H and O–H groups in total. The van der Waals surface area contributed by atoms with Crippen LogP contribution in [0.15, 0.2) is 71.8 Å². The van der Waals surface area contributed by atoms with Crippen LogP contribution in [0.25, 0.3) is 5.69 Å². The van der Waals surface area contributed by atoms with Crippen LogP contribution < -0.4 is 16.2 Å². The lowest BCUT2D eigenvalue weighted by Crippen LogP contribution is -2.28. The number of aromatic nitrogens is 2. The second kappa shape index (κ2) is 6.97. The number of nitrogens with zero attached hydrogens (tertiary/aromatic N) is 2. The standard InChI is InChI=1S/C17H13ClN4O2/c18-12-5-4-6-13(11-12)20-17(24)21-15-16(23)22(10-9-19-15)14-7-2-1-3-8-14/h1-11H,(H2,19,20,21,24). The Labute approximate surface area is 142 Å². The quantitative estimate of drug-likeness (QED) is 0.765. The van der Waals surface area contributed by atoms with E-state index in [0.29, 0.717) is 16.4 Å². The monoisotopic (exact) mass is 340 g/mol. The van der Waals surface area contributed by atoms with Gasteiger partial charge >= 0.3 is 6.03 Å². The maximum atomic E-state index is 12.4. The summed E-state index contributed by atoms with van der Waals surface area (Å²) in [6.07, 6.45) is 2.99. The fourth-order valence-electron chi connectivity index (χ4n) is 2.13. The van der Waals surface area contributed by atoms with Gasteiger partial charge in [-0.05, 0) is 30.3 Å². The van der Waals surface area contributed by atoms with Crippen molar-refractivity contribution < 1.29 is 4.79 Å². The van der Waals surface area contributed by atoms with Crippen LogP contribution in [0.4, 0.5) is 16.3 Å². The van der Waals surface area contributed by atoms with Gasteiger partial charge in [0.1, 0.15) is 0 Å². The minimum Gasteiger partial charge on any atom is -0.308 e. The number of hydrogen-bond acceptors (Lipinski definition) is 3. The predicted octanol–water partition coefficient (Wildman–Crippen LogP) is 3.53. The highest BCUT2D eigenvalue weighted by Crippen LogP contribution is 2.15. The number of urea groups is 1. The Morgan fingerprint density at radius 2 is 1.83 bits per heavy atom. The van der Waals surface area contributed by atoms with Crippen LogP contribution in [0.1, 0.15) is 0 Å². The first-order valence-electron chi connectivity index (χ1n) is 7.10. The van der Waals surface area contributed by atoms with E-state index in [2.05, 4.69) is 15.6 Å². The van der Waals surface area contributed by atoms with E-state index in [4.69, 9.17) is 11.6 Å².